The van der Waals surface area contributed by atoms with Crippen LogP contribution >= 0.6 is 0 Å². The van der Waals surface area contributed by atoms with Crippen molar-refractivity contribution >= 4 is 0 Å². The molecule has 2 aromatic carbocycles. The van der Waals surface area contributed by atoms with Gasteiger partial charge in [0.1, 0.15) is 0 Å². The Hall–Kier alpha value is -2.12. The number of benzene rings is 2. The number of allylic oxidation sites excluding steroid dienone is 3. The van der Waals surface area contributed by atoms with Crippen LogP contribution in [0.5, 0.6) is 0 Å². The van der Waals surface area contributed by atoms with Crippen molar-refractivity contribution < 1.29 is 4.74 Å². The quantitative estimate of drug-likeness (QED) is 0.265. The van der Waals surface area contributed by atoms with Gasteiger partial charge in [-0.05, 0) is 92.4 Å². The molecule has 1 aliphatic carbocycles. The molecular formula is C30H40O. The molecule has 1 nitrogen and oxygen atoms in total. The fraction of sp³-hybridized carbons (Fsp3) is 0.467. The third-order valence-corrected chi connectivity index (χ3v) is 6.64. The minimum atomic E-state index is 0.697. The van der Waals surface area contributed by atoms with Crippen molar-refractivity contribution in [2.45, 2.75) is 77.7 Å². The molecule has 0 amide bonds. The highest BCUT2D eigenvalue weighted by molar-refractivity contribution is 5.26. The molecule has 0 heterocycles. The van der Waals surface area contributed by atoms with Gasteiger partial charge in [-0.15, -0.1) is 0 Å². The maximum absolute atomic E-state index is 5.66. The smallest absolute Gasteiger partial charge is 0.0721 e. The summed E-state index contributed by atoms with van der Waals surface area (Å²) >= 11 is 0. The summed E-state index contributed by atoms with van der Waals surface area (Å²) in [4.78, 5) is 0. The summed E-state index contributed by atoms with van der Waals surface area (Å²) in [5.41, 5.74) is 5.71. The van der Waals surface area contributed by atoms with E-state index in [0.29, 0.717) is 13.2 Å². The second-order valence-corrected chi connectivity index (χ2v) is 8.98. The Morgan fingerprint density at radius 3 is 2.16 bits per heavy atom. The summed E-state index contributed by atoms with van der Waals surface area (Å²) in [6, 6.07) is 18.4. The molecule has 0 unspecified atom stereocenters. The molecular weight excluding hydrogens is 376 g/mol. The molecule has 1 aliphatic rings. The van der Waals surface area contributed by atoms with E-state index in [1.807, 2.05) is 19.1 Å². The fourth-order valence-corrected chi connectivity index (χ4v) is 4.61. The van der Waals surface area contributed by atoms with Crippen molar-refractivity contribution in [3.05, 3.63) is 95.1 Å². The Bertz CT molecular complexity index is 789. The Morgan fingerprint density at radius 2 is 1.48 bits per heavy atom. The van der Waals surface area contributed by atoms with Crippen LogP contribution in [0.25, 0.3) is 0 Å². The van der Waals surface area contributed by atoms with Crippen LogP contribution in [0.4, 0.5) is 0 Å². The van der Waals surface area contributed by atoms with Crippen LogP contribution in [-0.2, 0) is 24.2 Å². The normalized spacial score (nSPS) is 19.4. The zero-order chi connectivity index (χ0) is 21.7. The summed E-state index contributed by atoms with van der Waals surface area (Å²) in [6.07, 6.45) is 18.8. The number of aryl methyl sites for hydroxylation is 1. The highest BCUT2D eigenvalue weighted by Crippen LogP contribution is 2.37. The zero-order valence-electron chi connectivity index (χ0n) is 19.6. The first-order valence-corrected chi connectivity index (χ1v) is 12.3. The van der Waals surface area contributed by atoms with Crippen molar-refractivity contribution in [1.82, 2.24) is 0 Å². The van der Waals surface area contributed by atoms with Crippen LogP contribution in [0.2, 0.25) is 0 Å². The van der Waals surface area contributed by atoms with E-state index in [0.717, 1.165) is 24.7 Å². The average Bonchev–Trinajstić information content (AvgIpc) is 2.82. The summed E-state index contributed by atoms with van der Waals surface area (Å²) in [7, 11) is 0. The van der Waals surface area contributed by atoms with E-state index in [1.165, 1.54) is 60.8 Å². The third kappa shape index (κ3) is 8.15. The maximum atomic E-state index is 5.66. The predicted molar refractivity (Wildman–Crippen MR) is 134 cm³/mol. The molecule has 31 heavy (non-hydrogen) atoms. The van der Waals surface area contributed by atoms with E-state index >= 15 is 0 Å². The van der Waals surface area contributed by atoms with Gasteiger partial charge in [0.05, 0.1) is 13.2 Å². The van der Waals surface area contributed by atoms with Crippen LogP contribution in [0.3, 0.4) is 0 Å². The van der Waals surface area contributed by atoms with E-state index in [2.05, 4.69) is 67.6 Å². The fourth-order valence-electron chi connectivity index (χ4n) is 4.61. The molecule has 0 spiro atoms. The predicted octanol–water partition coefficient (Wildman–Crippen LogP) is 8.19. The van der Waals surface area contributed by atoms with Crippen LogP contribution in [0.15, 0.2) is 72.8 Å². The molecule has 2 aromatic rings. The first-order chi connectivity index (χ1) is 15.3. The van der Waals surface area contributed by atoms with Crippen LogP contribution in [-0.4, -0.2) is 6.61 Å². The Morgan fingerprint density at radius 1 is 0.806 bits per heavy atom. The van der Waals surface area contributed by atoms with Crippen molar-refractivity contribution in [1.29, 1.82) is 0 Å². The molecule has 166 valence electrons. The van der Waals surface area contributed by atoms with Gasteiger partial charge in [0.25, 0.3) is 0 Å². The lowest BCUT2D eigenvalue weighted by atomic mass is 9.77. The number of rotatable bonds is 11. The molecule has 1 saturated carbocycles. The summed E-state index contributed by atoms with van der Waals surface area (Å²) < 4.78 is 5.66. The largest absolute Gasteiger partial charge is 0.373 e. The van der Waals surface area contributed by atoms with Gasteiger partial charge in [-0.1, -0.05) is 79.8 Å². The minimum absolute atomic E-state index is 0.697. The molecule has 1 fully saturated rings. The van der Waals surface area contributed by atoms with Gasteiger partial charge in [0.15, 0.2) is 0 Å². The maximum Gasteiger partial charge on any atom is 0.0721 e. The lowest BCUT2D eigenvalue weighted by molar-refractivity contribution is 0.148. The SMILES string of the molecule is CC=CCOCc1ccc(C2CCC(CCc3ccc(C/C=C/CC)cc3)CC2)cc1. The van der Waals surface area contributed by atoms with Gasteiger partial charge in [0, 0.05) is 0 Å². The number of hydrogen-bond acceptors (Lipinski definition) is 1. The number of hydrogen-bond donors (Lipinski definition) is 0. The lowest BCUT2D eigenvalue weighted by Gasteiger charge is -2.29. The topological polar surface area (TPSA) is 9.23 Å². The molecule has 0 bridgehead atoms. The third-order valence-electron chi connectivity index (χ3n) is 6.64. The first kappa shape index (κ1) is 23.5. The van der Waals surface area contributed by atoms with Gasteiger partial charge >= 0.3 is 0 Å². The molecule has 1 heteroatoms. The van der Waals surface area contributed by atoms with Crippen molar-refractivity contribution in [2.24, 2.45) is 5.92 Å². The minimum Gasteiger partial charge on any atom is -0.373 e. The lowest BCUT2D eigenvalue weighted by Crippen LogP contribution is -2.14. The van der Waals surface area contributed by atoms with E-state index in [-0.39, 0.29) is 0 Å². The van der Waals surface area contributed by atoms with Crippen molar-refractivity contribution in [3.63, 3.8) is 0 Å². The zero-order valence-corrected chi connectivity index (χ0v) is 19.6. The summed E-state index contributed by atoms with van der Waals surface area (Å²) in [5, 5.41) is 0. The molecule has 0 aliphatic heterocycles. The molecule has 0 aromatic heterocycles. The first-order valence-electron chi connectivity index (χ1n) is 12.3. The van der Waals surface area contributed by atoms with E-state index in [1.54, 1.807) is 0 Å². The van der Waals surface area contributed by atoms with Crippen LogP contribution < -0.4 is 0 Å². The second-order valence-electron chi connectivity index (χ2n) is 8.98. The van der Waals surface area contributed by atoms with Crippen LogP contribution in [0.1, 0.15) is 80.5 Å². The monoisotopic (exact) mass is 416 g/mol. The summed E-state index contributed by atoms with van der Waals surface area (Å²) in [5.74, 6) is 1.63. The van der Waals surface area contributed by atoms with Crippen molar-refractivity contribution in [2.75, 3.05) is 6.61 Å². The standard InChI is InChI=1S/C30H40O/c1-3-5-7-8-25-9-11-26(12-10-25)13-14-27-15-19-29(20-16-27)30-21-17-28(18-22-30)24-31-23-6-4-2/h4-7,9-12,17-18,21-22,27,29H,3,8,13-16,19-20,23-24H2,1-2H3/b6-4?,7-5+. The number of ether oxygens (including phenoxy) is 1. The van der Waals surface area contributed by atoms with E-state index in [4.69, 9.17) is 4.74 Å². The average molecular weight is 417 g/mol. The van der Waals surface area contributed by atoms with Gasteiger partial charge < -0.3 is 4.74 Å². The summed E-state index contributed by atoms with van der Waals surface area (Å²) in [6.45, 7) is 5.61. The van der Waals surface area contributed by atoms with E-state index in [9.17, 15) is 0 Å². The molecule has 0 radical (unpaired) electrons. The molecule has 0 atom stereocenters. The van der Waals surface area contributed by atoms with Gasteiger partial charge in [0.2, 0.25) is 0 Å². The Kier molecular flexibility index (Phi) is 10.1. The van der Waals surface area contributed by atoms with Gasteiger partial charge in [-0.2, -0.15) is 0 Å². The second kappa shape index (κ2) is 13.3. The van der Waals surface area contributed by atoms with Crippen LogP contribution in [0, 0.1) is 5.92 Å². The van der Waals surface area contributed by atoms with Gasteiger partial charge in [-0.25, -0.2) is 0 Å². The Balaban J connectivity index is 1.38. The Labute approximate surface area is 190 Å². The highest BCUT2D eigenvalue weighted by Gasteiger charge is 2.22. The van der Waals surface area contributed by atoms with Gasteiger partial charge in [-0.3, -0.25) is 0 Å². The molecule has 0 saturated heterocycles. The molecule has 0 N–H and O–H groups in total. The van der Waals surface area contributed by atoms with E-state index < -0.39 is 0 Å². The highest BCUT2D eigenvalue weighted by atomic mass is 16.5. The van der Waals surface area contributed by atoms with Crippen molar-refractivity contribution in [3.8, 4) is 0 Å². The molecule has 3 rings (SSSR count).